The molecule has 0 rings (SSSR count). The van der Waals surface area contributed by atoms with Crippen molar-refractivity contribution in [3.05, 3.63) is 24.3 Å². The highest BCUT2D eigenvalue weighted by molar-refractivity contribution is 5.70. The van der Waals surface area contributed by atoms with Crippen LogP contribution in [0.5, 0.6) is 0 Å². The fraction of sp³-hybridized carbons (Fsp3) is 0.896. The van der Waals surface area contributed by atoms with Crippen LogP contribution in [0.1, 0.15) is 328 Å². The molecule has 448 valence electrons. The van der Waals surface area contributed by atoms with Crippen LogP contribution in [0, 0.1) is 0 Å². The number of likely N-dealkylation sites (N-methyl/N-ethyl adjacent to an activating group) is 1. The number of nitrogens with zero attached hydrogens (tertiary/aromatic N) is 1. The summed E-state index contributed by atoms with van der Waals surface area (Å²) in [5.74, 6) is -2.25. The lowest BCUT2D eigenvalue weighted by molar-refractivity contribution is -0.870. The number of aliphatic carboxylic acids is 1. The van der Waals surface area contributed by atoms with Crippen molar-refractivity contribution in [2.45, 2.75) is 341 Å². The number of unbranched alkanes of at least 4 members (excludes halogenated alkanes) is 43. The number of rotatable bonds is 62. The molecule has 0 fully saturated rings. The molecule has 76 heavy (non-hydrogen) atoms. The minimum absolute atomic E-state index is 0.152. The van der Waals surface area contributed by atoms with Crippen LogP contribution >= 0.6 is 0 Å². The highest BCUT2D eigenvalue weighted by Crippen LogP contribution is 2.18. The molecule has 0 aliphatic heterocycles. The lowest BCUT2D eigenvalue weighted by atomic mass is 10.0. The van der Waals surface area contributed by atoms with Crippen LogP contribution in [-0.4, -0.2) is 82.3 Å². The third-order valence-electron chi connectivity index (χ3n) is 15.0. The van der Waals surface area contributed by atoms with Gasteiger partial charge in [-0.15, -0.1) is 0 Å². The Hall–Kier alpha value is -2.23. The van der Waals surface area contributed by atoms with Crippen LogP contribution in [0.3, 0.4) is 0 Å². The van der Waals surface area contributed by atoms with Crippen LogP contribution in [0.25, 0.3) is 0 Å². The van der Waals surface area contributed by atoms with Gasteiger partial charge in [-0.25, -0.2) is 0 Å². The van der Waals surface area contributed by atoms with Crippen molar-refractivity contribution in [1.29, 1.82) is 0 Å². The molecular weight excluding hydrogens is 947 g/mol. The summed E-state index contributed by atoms with van der Waals surface area (Å²) in [4.78, 5) is 37.4. The number of carbonyl (C=O) groups is 3. The van der Waals surface area contributed by atoms with Crippen LogP contribution in [-0.2, 0) is 33.3 Å². The van der Waals surface area contributed by atoms with E-state index in [9.17, 15) is 19.5 Å². The lowest BCUT2D eigenvalue weighted by Crippen LogP contribution is -2.44. The van der Waals surface area contributed by atoms with Gasteiger partial charge in [0.1, 0.15) is 13.2 Å². The highest BCUT2D eigenvalue weighted by Gasteiger charge is 2.22. The Labute approximate surface area is 471 Å². The van der Waals surface area contributed by atoms with Crippen molar-refractivity contribution < 1.29 is 42.9 Å². The number of quaternary nitrogens is 1. The molecule has 2 unspecified atom stereocenters. The molecule has 0 saturated carbocycles. The first kappa shape index (κ1) is 73.8. The van der Waals surface area contributed by atoms with Gasteiger partial charge in [0.25, 0.3) is 0 Å². The van der Waals surface area contributed by atoms with E-state index in [0.29, 0.717) is 17.4 Å². The molecule has 0 radical (unpaired) electrons. The molecule has 0 aromatic carbocycles. The van der Waals surface area contributed by atoms with Gasteiger partial charge in [-0.3, -0.25) is 9.59 Å². The van der Waals surface area contributed by atoms with E-state index in [4.69, 9.17) is 18.9 Å². The van der Waals surface area contributed by atoms with Crippen LogP contribution in [0.15, 0.2) is 24.3 Å². The molecular formula is C67H127NO8. The maximum absolute atomic E-state index is 12.9. The number of allylic oxidation sites excluding steroid dienone is 4. The van der Waals surface area contributed by atoms with Gasteiger partial charge in [-0.1, -0.05) is 295 Å². The van der Waals surface area contributed by atoms with E-state index in [1.165, 1.54) is 257 Å². The number of carbonyl (C=O) groups excluding carboxylic acids is 3. The number of hydrogen-bond acceptors (Lipinski definition) is 8. The smallest absolute Gasteiger partial charge is 0.306 e. The summed E-state index contributed by atoms with van der Waals surface area (Å²) < 4.78 is 22.8. The Morgan fingerprint density at radius 1 is 0.395 bits per heavy atom. The summed E-state index contributed by atoms with van der Waals surface area (Å²) in [6, 6.07) is 0. The molecule has 0 aliphatic rings. The van der Waals surface area contributed by atoms with Gasteiger partial charge in [-0.05, 0) is 44.9 Å². The van der Waals surface area contributed by atoms with Crippen molar-refractivity contribution in [3.63, 3.8) is 0 Å². The van der Waals surface area contributed by atoms with Crippen molar-refractivity contribution in [1.82, 2.24) is 0 Å². The minimum Gasteiger partial charge on any atom is -0.545 e. The Balaban J connectivity index is 4.04. The second-order valence-corrected chi connectivity index (χ2v) is 23.8. The summed E-state index contributed by atoms with van der Waals surface area (Å²) in [7, 11) is 5.94. The number of carboxylic acid groups (broad SMARTS) is 1. The summed E-state index contributed by atoms with van der Waals surface area (Å²) in [6.07, 6.45) is 68.2. The predicted molar refractivity (Wildman–Crippen MR) is 320 cm³/mol. The molecule has 0 spiro atoms. The summed E-state index contributed by atoms with van der Waals surface area (Å²) in [5.41, 5.74) is 0. The Kier molecular flexibility index (Phi) is 57.2. The average Bonchev–Trinajstić information content (AvgIpc) is 3.39. The molecule has 0 aromatic rings. The van der Waals surface area contributed by atoms with Crippen LogP contribution < -0.4 is 5.11 Å². The topological polar surface area (TPSA) is 111 Å². The monoisotopic (exact) mass is 1070 g/mol. The third-order valence-corrected chi connectivity index (χ3v) is 15.0. The maximum Gasteiger partial charge on any atom is 0.306 e. The molecule has 0 aromatic heterocycles. The lowest BCUT2D eigenvalue weighted by Gasteiger charge is -2.26. The zero-order valence-electron chi connectivity index (χ0n) is 51.2. The van der Waals surface area contributed by atoms with E-state index in [1.54, 1.807) is 0 Å². The van der Waals surface area contributed by atoms with E-state index in [0.717, 1.165) is 44.9 Å². The van der Waals surface area contributed by atoms with Gasteiger partial charge in [0.2, 0.25) is 0 Å². The van der Waals surface area contributed by atoms with E-state index >= 15 is 0 Å². The van der Waals surface area contributed by atoms with Gasteiger partial charge in [-0.2, -0.15) is 0 Å². The van der Waals surface area contributed by atoms with E-state index < -0.39 is 24.3 Å². The standard InChI is InChI=1S/C67H127NO8/c1-6-8-10-12-14-16-18-20-22-24-26-27-28-29-30-31-32-33-34-35-36-37-38-39-40-42-44-46-48-50-52-54-56-58-65(70)76-63(62-75-67(66(71)72)73-60-59-68(3,4)5)61-74-64(69)57-55-53-51-49-47-45-43-41-25-23-21-19-17-15-13-11-9-7-2/h18,20,24,26,63,67H,6-17,19,21-23,25,27-62H2,1-5H3/b20-18-,26-24-. The Morgan fingerprint density at radius 2 is 0.711 bits per heavy atom. The van der Waals surface area contributed by atoms with E-state index in [1.807, 2.05) is 21.1 Å². The predicted octanol–water partition coefficient (Wildman–Crippen LogP) is 18.5. The quantitative estimate of drug-likeness (QED) is 0.0195. The van der Waals surface area contributed by atoms with Gasteiger partial charge in [0.15, 0.2) is 12.4 Å². The fourth-order valence-electron chi connectivity index (χ4n) is 9.87. The van der Waals surface area contributed by atoms with Gasteiger partial charge in [0.05, 0.1) is 40.3 Å². The van der Waals surface area contributed by atoms with E-state index in [2.05, 4.69) is 38.2 Å². The van der Waals surface area contributed by atoms with Crippen LogP contribution in [0.2, 0.25) is 0 Å². The first-order chi connectivity index (χ1) is 37.1. The Morgan fingerprint density at radius 3 is 1.04 bits per heavy atom. The number of carboxylic acids is 1. The molecule has 2 atom stereocenters. The molecule has 0 N–H and O–H groups in total. The summed E-state index contributed by atoms with van der Waals surface area (Å²) in [5, 5.41) is 11.8. The van der Waals surface area contributed by atoms with Crippen molar-refractivity contribution >= 4 is 17.9 Å². The molecule has 9 nitrogen and oxygen atoms in total. The third kappa shape index (κ3) is 59.4. The largest absolute Gasteiger partial charge is 0.545 e. The Bertz CT molecular complexity index is 1300. The second kappa shape index (κ2) is 58.9. The SMILES string of the molecule is CCCCCCC/C=C\C/C=C\CCCCCCCCCCCCCCCCCCCCCCCC(=O)OC(COC(=O)CCCCCCCCCCCCCCCCCCCC)COC(OCC[N+](C)(C)C)C(=O)[O-]. The van der Waals surface area contributed by atoms with Crippen LogP contribution in [0.4, 0.5) is 0 Å². The molecule has 9 heteroatoms. The highest BCUT2D eigenvalue weighted by atomic mass is 16.7. The van der Waals surface area contributed by atoms with Crippen molar-refractivity contribution in [3.8, 4) is 0 Å². The van der Waals surface area contributed by atoms with Crippen molar-refractivity contribution in [2.24, 2.45) is 0 Å². The van der Waals surface area contributed by atoms with E-state index in [-0.39, 0.29) is 32.2 Å². The summed E-state index contributed by atoms with van der Waals surface area (Å²) >= 11 is 0. The first-order valence-corrected chi connectivity index (χ1v) is 33.0. The molecule has 0 saturated heterocycles. The maximum atomic E-state index is 12.9. The fourth-order valence-corrected chi connectivity index (χ4v) is 9.87. The molecule has 0 aliphatic carbocycles. The number of hydrogen-bond donors (Lipinski definition) is 0. The average molecular weight is 1070 g/mol. The second-order valence-electron chi connectivity index (χ2n) is 23.8. The zero-order valence-corrected chi connectivity index (χ0v) is 51.2. The minimum atomic E-state index is -1.62. The normalized spacial score (nSPS) is 12.8. The summed E-state index contributed by atoms with van der Waals surface area (Å²) in [6.45, 7) is 4.80. The van der Waals surface area contributed by atoms with Crippen molar-refractivity contribution in [2.75, 3.05) is 47.5 Å². The number of ether oxygens (including phenoxy) is 4. The van der Waals surface area contributed by atoms with Gasteiger partial charge < -0.3 is 33.3 Å². The number of esters is 2. The molecule has 0 heterocycles. The molecule has 0 amide bonds. The molecule has 0 bridgehead atoms. The van der Waals surface area contributed by atoms with Gasteiger partial charge >= 0.3 is 11.9 Å². The van der Waals surface area contributed by atoms with Gasteiger partial charge in [0, 0.05) is 12.8 Å². The zero-order chi connectivity index (χ0) is 55.5. The first-order valence-electron chi connectivity index (χ1n) is 33.0.